The van der Waals surface area contributed by atoms with Crippen LogP contribution in [0.15, 0.2) is 0 Å². The van der Waals surface area contributed by atoms with E-state index in [9.17, 15) is 9.90 Å². The number of rotatable bonds is 7. The van der Waals surface area contributed by atoms with Crippen molar-refractivity contribution in [1.82, 2.24) is 5.32 Å². The van der Waals surface area contributed by atoms with Crippen molar-refractivity contribution in [3.8, 4) is 0 Å². The molecule has 0 saturated carbocycles. The molecule has 0 aromatic carbocycles. The number of amides is 1. The van der Waals surface area contributed by atoms with Crippen LogP contribution in [0.4, 0.5) is 0 Å². The highest BCUT2D eigenvalue weighted by molar-refractivity contribution is 6.70. The van der Waals surface area contributed by atoms with Crippen LogP contribution in [0.5, 0.6) is 0 Å². The fourth-order valence-electron chi connectivity index (χ4n) is 2.61. The lowest BCUT2D eigenvalue weighted by atomic mass is 9.97. The Kier molecular flexibility index (Phi) is 7.60. The molecule has 1 saturated heterocycles. The van der Waals surface area contributed by atoms with Gasteiger partial charge in [-0.05, 0) is 39.3 Å². The topological polar surface area (TPSA) is 86.3 Å². The van der Waals surface area contributed by atoms with Crippen molar-refractivity contribution in [3.63, 3.8) is 0 Å². The van der Waals surface area contributed by atoms with Gasteiger partial charge in [0.25, 0.3) is 0 Å². The summed E-state index contributed by atoms with van der Waals surface area (Å²) in [6, 6.07) is -0.683. The second-order valence-corrected chi connectivity index (χ2v) is 17.1. The monoisotopic (exact) mass is 379 g/mol. The molecule has 2 N–H and O–H groups in total. The molecule has 1 aliphatic rings. The molecule has 1 rings (SSSR count). The average molecular weight is 380 g/mol. The summed E-state index contributed by atoms with van der Waals surface area (Å²) in [5, 5.41) is 13.0. The van der Waals surface area contributed by atoms with Gasteiger partial charge >= 0.3 is 0 Å². The molecule has 5 atom stereocenters. The maximum Gasteiger partial charge on any atom is 0.217 e. The zero-order valence-electron chi connectivity index (χ0n) is 16.1. The van der Waals surface area contributed by atoms with E-state index in [1.807, 2.05) is 0 Å². The van der Waals surface area contributed by atoms with Crippen molar-refractivity contribution in [2.45, 2.75) is 76.8 Å². The van der Waals surface area contributed by atoms with E-state index in [4.69, 9.17) is 18.3 Å². The minimum absolute atomic E-state index is 0.256. The van der Waals surface area contributed by atoms with E-state index in [-0.39, 0.29) is 5.91 Å². The molecule has 9 heteroatoms. The Morgan fingerprint density at radius 3 is 2.12 bits per heavy atom. The van der Waals surface area contributed by atoms with Crippen LogP contribution in [0.25, 0.3) is 0 Å². The molecular weight excluding hydrogens is 346 g/mol. The predicted octanol–water partition coefficient (Wildman–Crippen LogP) is 1.29. The Balaban J connectivity index is 3.02. The number of carbonyl (C=O) groups is 1. The van der Waals surface area contributed by atoms with Gasteiger partial charge in [-0.1, -0.05) is 0 Å². The summed E-state index contributed by atoms with van der Waals surface area (Å²) in [6.07, 6.45) is -2.55. The fraction of sp³-hybridized carbons (Fsp3) is 0.933. The van der Waals surface area contributed by atoms with Crippen molar-refractivity contribution in [2.24, 2.45) is 0 Å². The molecular formula is C15H33NO6Si2. The van der Waals surface area contributed by atoms with Crippen LogP contribution in [0.3, 0.4) is 0 Å². The number of aliphatic hydroxyl groups is 1. The second-order valence-electron chi connectivity index (χ2n) is 8.11. The predicted molar refractivity (Wildman–Crippen MR) is 96.8 cm³/mol. The molecule has 0 aromatic rings. The standard InChI is InChI=1S/C15H33NO6Si2/c1-10(17)16-12-14(19-2)13(22-24(6,7)8)11(21-15(12)18)9-20-23(3,4)5/h11-15,18H,9H2,1-8H3,(H,16,17)/t11-,12-,13+,14-,15+/m1/s1. The van der Waals surface area contributed by atoms with Gasteiger partial charge in [-0.25, -0.2) is 0 Å². The normalized spacial score (nSPS) is 31.8. The van der Waals surface area contributed by atoms with Crippen LogP contribution in [-0.2, 0) is 23.1 Å². The molecule has 1 heterocycles. The molecule has 7 nitrogen and oxygen atoms in total. The van der Waals surface area contributed by atoms with E-state index in [1.54, 1.807) is 7.11 Å². The first-order chi connectivity index (χ1) is 10.8. The summed E-state index contributed by atoms with van der Waals surface area (Å²) >= 11 is 0. The van der Waals surface area contributed by atoms with Crippen molar-refractivity contribution >= 4 is 22.5 Å². The highest BCUT2D eigenvalue weighted by atomic mass is 28.4. The van der Waals surface area contributed by atoms with Gasteiger partial charge in [-0.3, -0.25) is 4.79 Å². The molecule has 0 aliphatic carbocycles. The molecule has 0 spiro atoms. The van der Waals surface area contributed by atoms with Crippen molar-refractivity contribution in [3.05, 3.63) is 0 Å². The summed E-state index contributed by atoms with van der Waals surface area (Å²) in [5.41, 5.74) is 0. The van der Waals surface area contributed by atoms with Gasteiger partial charge in [0.05, 0.1) is 6.61 Å². The van der Waals surface area contributed by atoms with Crippen LogP contribution in [0.2, 0.25) is 39.3 Å². The second kappa shape index (κ2) is 8.39. The Hall–Kier alpha value is -0.296. The van der Waals surface area contributed by atoms with E-state index in [0.717, 1.165) is 0 Å². The number of hydrogen-bond acceptors (Lipinski definition) is 6. The lowest BCUT2D eigenvalue weighted by Gasteiger charge is -2.46. The van der Waals surface area contributed by atoms with E-state index in [0.29, 0.717) is 6.61 Å². The maximum absolute atomic E-state index is 11.5. The van der Waals surface area contributed by atoms with Crippen LogP contribution >= 0.6 is 0 Å². The number of hydrogen-bond donors (Lipinski definition) is 2. The molecule has 1 amide bonds. The van der Waals surface area contributed by atoms with Crippen molar-refractivity contribution < 1.29 is 28.2 Å². The van der Waals surface area contributed by atoms with E-state index < -0.39 is 47.3 Å². The molecule has 1 fully saturated rings. The summed E-state index contributed by atoms with van der Waals surface area (Å²) in [6.45, 7) is 14.2. The highest BCUT2D eigenvalue weighted by Gasteiger charge is 2.48. The summed E-state index contributed by atoms with van der Waals surface area (Å²) in [7, 11) is -2.10. The van der Waals surface area contributed by atoms with E-state index in [1.165, 1.54) is 6.92 Å². The summed E-state index contributed by atoms with van der Waals surface area (Å²) in [4.78, 5) is 11.5. The average Bonchev–Trinajstić information content (AvgIpc) is 2.38. The Labute approximate surface area is 147 Å². The van der Waals surface area contributed by atoms with Crippen LogP contribution < -0.4 is 5.32 Å². The SMILES string of the molecule is CO[C@@H]1[C@@H](NC(C)=O)[C@@H](O)O[C@H](CO[Si](C)(C)C)[C@@H]1O[Si](C)(C)C. The third-order valence-corrected chi connectivity index (χ3v) is 5.49. The van der Waals surface area contributed by atoms with Gasteiger partial charge in [0.1, 0.15) is 24.4 Å². The highest BCUT2D eigenvalue weighted by Crippen LogP contribution is 2.28. The molecule has 0 bridgehead atoms. The summed E-state index contributed by atoms with van der Waals surface area (Å²) < 4.78 is 23.6. The number of carbonyl (C=O) groups excluding carboxylic acids is 1. The Morgan fingerprint density at radius 2 is 1.71 bits per heavy atom. The van der Waals surface area contributed by atoms with Gasteiger partial charge in [0.15, 0.2) is 22.9 Å². The Morgan fingerprint density at radius 1 is 1.12 bits per heavy atom. The van der Waals surface area contributed by atoms with Gasteiger partial charge in [0.2, 0.25) is 5.91 Å². The maximum atomic E-state index is 11.5. The number of aliphatic hydroxyl groups excluding tert-OH is 1. The zero-order valence-corrected chi connectivity index (χ0v) is 18.1. The number of ether oxygens (including phenoxy) is 2. The molecule has 0 radical (unpaired) electrons. The minimum atomic E-state index is -1.91. The van der Waals surface area contributed by atoms with Gasteiger partial charge in [-0.15, -0.1) is 0 Å². The molecule has 1 aliphatic heterocycles. The van der Waals surface area contributed by atoms with Crippen LogP contribution in [-0.4, -0.2) is 72.0 Å². The Bertz CT molecular complexity index is 423. The van der Waals surface area contributed by atoms with E-state index in [2.05, 4.69) is 44.6 Å². The van der Waals surface area contributed by atoms with Gasteiger partial charge in [0, 0.05) is 14.0 Å². The van der Waals surface area contributed by atoms with Gasteiger partial charge in [-0.2, -0.15) is 0 Å². The zero-order chi connectivity index (χ0) is 18.7. The first-order valence-electron chi connectivity index (χ1n) is 8.29. The van der Waals surface area contributed by atoms with Crippen LogP contribution in [0.1, 0.15) is 6.92 Å². The van der Waals surface area contributed by atoms with E-state index >= 15 is 0 Å². The molecule has 0 unspecified atom stereocenters. The van der Waals surface area contributed by atoms with Gasteiger partial charge < -0.3 is 28.7 Å². The van der Waals surface area contributed by atoms with Crippen LogP contribution in [0, 0.1) is 0 Å². The first kappa shape index (κ1) is 21.7. The number of methoxy groups -OCH3 is 1. The largest absolute Gasteiger partial charge is 0.415 e. The fourth-order valence-corrected chi connectivity index (χ4v) is 4.37. The molecule has 24 heavy (non-hydrogen) atoms. The van der Waals surface area contributed by atoms with Crippen molar-refractivity contribution in [1.29, 1.82) is 0 Å². The quantitative estimate of drug-likeness (QED) is 0.649. The molecule has 142 valence electrons. The smallest absolute Gasteiger partial charge is 0.217 e. The third kappa shape index (κ3) is 6.91. The lowest BCUT2D eigenvalue weighted by Crippen LogP contribution is -2.66. The minimum Gasteiger partial charge on any atom is -0.415 e. The first-order valence-corrected chi connectivity index (χ1v) is 15.1. The lowest BCUT2D eigenvalue weighted by molar-refractivity contribution is -0.253. The molecule has 0 aromatic heterocycles. The third-order valence-electron chi connectivity index (χ3n) is 3.48. The van der Waals surface area contributed by atoms with Crippen molar-refractivity contribution in [2.75, 3.05) is 13.7 Å². The summed E-state index contributed by atoms with van der Waals surface area (Å²) in [5.74, 6) is -0.256. The number of nitrogens with one attached hydrogen (secondary N) is 1.